The summed E-state index contributed by atoms with van der Waals surface area (Å²) in [7, 11) is 0. The van der Waals surface area contributed by atoms with E-state index in [1.165, 1.54) is 6.92 Å². The van der Waals surface area contributed by atoms with Crippen molar-refractivity contribution in [2.24, 2.45) is 0 Å². The molecule has 0 saturated heterocycles. The van der Waals surface area contributed by atoms with Crippen molar-refractivity contribution < 1.29 is 9.59 Å². The van der Waals surface area contributed by atoms with Gasteiger partial charge < -0.3 is 10.2 Å². The number of nitrogens with one attached hydrogen (secondary N) is 1. The second-order valence-corrected chi connectivity index (χ2v) is 5.33. The SMILES string of the molecule is CCC(C)N(CC(=O)Nc1cccc2cccnc12)C(C)=O. The molecule has 1 aromatic heterocycles. The third-order valence-electron chi connectivity index (χ3n) is 3.75. The summed E-state index contributed by atoms with van der Waals surface area (Å²) in [4.78, 5) is 29.8. The fraction of sp³-hybridized carbons (Fsp3) is 0.353. The Kier molecular flexibility index (Phi) is 5.09. The van der Waals surface area contributed by atoms with Crippen LogP contribution in [0.15, 0.2) is 36.5 Å². The van der Waals surface area contributed by atoms with Gasteiger partial charge in [0.25, 0.3) is 0 Å². The predicted molar refractivity (Wildman–Crippen MR) is 87.5 cm³/mol. The van der Waals surface area contributed by atoms with Crippen LogP contribution in [0.3, 0.4) is 0 Å². The zero-order valence-electron chi connectivity index (χ0n) is 13.2. The average Bonchev–Trinajstić information content (AvgIpc) is 2.52. The summed E-state index contributed by atoms with van der Waals surface area (Å²) in [6, 6.07) is 9.46. The van der Waals surface area contributed by atoms with Gasteiger partial charge in [-0.05, 0) is 25.5 Å². The zero-order chi connectivity index (χ0) is 16.1. The molecule has 0 aliphatic heterocycles. The third kappa shape index (κ3) is 3.61. The molecule has 1 atom stereocenters. The topological polar surface area (TPSA) is 62.3 Å². The molecule has 0 spiro atoms. The third-order valence-corrected chi connectivity index (χ3v) is 3.75. The molecule has 116 valence electrons. The van der Waals surface area contributed by atoms with Gasteiger partial charge in [0.1, 0.15) is 6.54 Å². The van der Waals surface area contributed by atoms with Gasteiger partial charge in [0.15, 0.2) is 0 Å². The van der Waals surface area contributed by atoms with E-state index >= 15 is 0 Å². The monoisotopic (exact) mass is 299 g/mol. The van der Waals surface area contributed by atoms with Crippen molar-refractivity contribution in [3.05, 3.63) is 36.5 Å². The van der Waals surface area contributed by atoms with Gasteiger partial charge in [-0.15, -0.1) is 0 Å². The van der Waals surface area contributed by atoms with Gasteiger partial charge in [0.2, 0.25) is 11.8 Å². The number of carbonyl (C=O) groups is 2. The molecule has 22 heavy (non-hydrogen) atoms. The highest BCUT2D eigenvalue weighted by Gasteiger charge is 2.19. The summed E-state index contributed by atoms with van der Waals surface area (Å²) in [5.41, 5.74) is 1.41. The molecule has 2 amide bonds. The number of nitrogens with zero attached hydrogens (tertiary/aromatic N) is 2. The lowest BCUT2D eigenvalue weighted by Gasteiger charge is -2.26. The summed E-state index contributed by atoms with van der Waals surface area (Å²) in [5.74, 6) is -0.311. The molecule has 0 aliphatic carbocycles. The van der Waals surface area contributed by atoms with Crippen molar-refractivity contribution in [3.63, 3.8) is 0 Å². The molecule has 2 rings (SSSR count). The van der Waals surface area contributed by atoms with Gasteiger partial charge in [0, 0.05) is 24.5 Å². The maximum atomic E-state index is 12.3. The molecule has 1 N–H and O–H groups in total. The van der Waals surface area contributed by atoms with E-state index in [-0.39, 0.29) is 24.4 Å². The first-order chi connectivity index (χ1) is 10.5. The molecule has 0 fully saturated rings. The van der Waals surface area contributed by atoms with Crippen molar-refractivity contribution in [1.82, 2.24) is 9.88 Å². The van der Waals surface area contributed by atoms with Crippen molar-refractivity contribution >= 4 is 28.4 Å². The first-order valence-corrected chi connectivity index (χ1v) is 7.43. The molecule has 5 nitrogen and oxygen atoms in total. The number of hydrogen-bond donors (Lipinski definition) is 1. The van der Waals surface area contributed by atoms with Gasteiger partial charge in [-0.25, -0.2) is 0 Å². The molecule has 0 saturated carbocycles. The molecular weight excluding hydrogens is 278 g/mol. The Morgan fingerprint density at radius 2 is 2.00 bits per heavy atom. The minimum Gasteiger partial charge on any atom is -0.331 e. The van der Waals surface area contributed by atoms with E-state index in [0.29, 0.717) is 5.69 Å². The van der Waals surface area contributed by atoms with Crippen LogP contribution >= 0.6 is 0 Å². The fourth-order valence-corrected chi connectivity index (χ4v) is 2.35. The van der Waals surface area contributed by atoms with Crippen LogP contribution in [0.1, 0.15) is 27.2 Å². The number of hydrogen-bond acceptors (Lipinski definition) is 3. The molecule has 1 unspecified atom stereocenters. The lowest BCUT2D eigenvalue weighted by Crippen LogP contribution is -2.42. The van der Waals surface area contributed by atoms with Gasteiger partial charge in [-0.2, -0.15) is 0 Å². The number of carbonyl (C=O) groups excluding carboxylic acids is 2. The Bertz CT molecular complexity index is 679. The average molecular weight is 299 g/mol. The van der Waals surface area contributed by atoms with E-state index < -0.39 is 0 Å². The van der Waals surface area contributed by atoms with Crippen molar-refractivity contribution in [3.8, 4) is 0 Å². The predicted octanol–water partition coefficient (Wildman–Crippen LogP) is 2.82. The van der Waals surface area contributed by atoms with E-state index in [9.17, 15) is 9.59 Å². The first kappa shape index (κ1) is 15.9. The van der Waals surface area contributed by atoms with Crippen LogP contribution in [0, 0.1) is 0 Å². The Balaban J connectivity index is 2.15. The highest BCUT2D eigenvalue weighted by atomic mass is 16.2. The largest absolute Gasteiger partial charge is 0.331 e. The quantitative estimate of drug-likeness (QED) is 0.923. The molecule has 1 heterocycles. The maximum Gasteiger partial charge on any atom is 0.244 e. The fourth-order valence-electron chi connectivity index (χ4n) is 2.35. The summed E-state index contributed by atoms with van der Waals surface area (Å²) < 4.78 is 0. The van der Waals surface area contributed by atoms with Crippen LogP contribution in [0.5, 0.6) is 0 Å². The molecule has 0 radical (unpaired) electrons. The number of aromatic nitrogens is 1. The van der Waals surface area contributed by atoms with Crippen molar-refractivity contribution in [2.45, 2.75) is 33.2 Å². The van der Waals surface area contributed by atoms with E-state index in [4.69, 9.17) is 0 Å². The van der Waals surface area contributed by atoms with Crippen molar-refractivity contribution in [2.75, 3.05) is 11.9 Å². The number of anilines is 1. The standard InChI is InChI=1S/C17H21N3O2/c1-4-12(2)20(13(3)21)11-16(22)19-15-9-5-7-14-8-6-10-18-17(14)15/h5-10,12H,4,11H2,1-3H3,(H,19,22). The number of rotatable bonds is 5. The lowest BCUT2D eigenvalue weighted by molar-refractivity contribution is -0.134. The Labute approximate surface area is 130 Å². The van der Waals surface area contributed by atoms with E-state index in [0.717, 1.165) is 17.3 Å². The molecule has 0 aliphatic rings. The normalized spacial score (nSPS) is 12.0. The van der Waals surface area contributed by atoms with Crippen LogP contribution in [-0.4, -0.2) is 34.3 Å². The molecule has 0 bridgehead atoms. The van der Waals surface area contributed by atoms with E-state index in [1.807, 2.05) is 44.2 Å². The van der Waals surface area contributed by atoms with Crippen LogP contribution < -0.4 is 5.32 Å². The minimum absolute atomic E-state index is 0.0360. The van der Waals surface area contributed by atoms with Gasteiger partial charge >= 0.3 is 0 Å². The molecule has 1 aromatic carbocycles. The Morgan fingerprint density at radius 3 is 2.68 bits per heavy atom. The Morgan fingerprint density at radius 1 is 1.27 bits per heavy atom. The summed E-state index contributed by atoms with van der Waals surface area (Å²) >= 11 is 0. The number of pyridine rings is 1. The van der Waals surface area contributed by atoms with Gasteiger partial charge in [-0.3, -0.25) is 14.6 Å². The maximum absolute atomic E-state index is 12.3. The summed E-state index contributed by atoms with van der Waals surface area (Å²) in [6.45, 7) is 5.47. The van der Waals surface area contributed by atoms with Crippen molar-refractivity contribution in [1.29, 1.82) is 0 Å². The number of amides is 2. The molecule has 5 heteroatoms. The van der Waals surface area contributed by atoms with E-state index in [1.54, 1.807) is 11.1 Å². The molecular formula is C17H21N3O2. The number of fused-ring (bicyclic) bond motifs is 1. The van der Waals surface area contributed by atoms with Gasteiger partial charge in [0.05, 0.1) is 11.2 Å². The van der Waals surface area contributed by atoms with E-state index in [2.05, 4.69) is 10.3 Å². The number of benzene rings is 1. The lowest BCUT2D eigenvalue weighted by atomic mass is 10.2. The van der Waals surface area contributed by atoms with Crippen LogP contribution in [0.2, 0.25) is 0 Å². The summed E-state index contributed by atoms with van der Waals surface area (Å²) in [6.07, 6.45) is 2.50. The highest BCUT2D eigenvalue weighted by molar-refractivity contribution is 6.01. The smallest absolute Gasteiger partial charge is 0.244 e. The zero-order valence-corrected chi connectivity index (χ0v) is 13.2. The second-order valence-electron chi connectivity index (χ2n) is 5.33. The Hall–Kier alpha value is -2.43. The van der Waals surface area contributed by atoms with Crippen LogP contribution in [-0.2, 0) is 9.59 Å². The highest BCUT2D eigenvalue weighted by Crippen LogP contribution is 2.20. The van der Waals surface area contributed by atoms with Gasteiger partial charge in [-0.1, -0.05) is 25.1 Å². The van der Waals surface area contributed by atoms with Crippen LogP contribution in [0.25, 0.3) is 10.9 Å². The summed E-state index contributed by atoms with van der Waals surface area (Å²) in [5, 5.41) is 3.82. The second kappa shape index (κ2) is 7.02. The number of para-hydroxylation sites is 1. The first-order valence-electron chi connectivity index (χ1n) is 7.43. The van der Waals surface area contributed by atoms with Crippen LogP contribution in [0.4, 0.5) is 5.69 Å². The minimum atomic E-state index is -0.214. The molecule has 2 aromatic rings.